The molecular formula is C11H9BrN4OS. The predicted molar refractivity (Wildman–Crippen MR) is 73.8 cm³/mol. The van der Waals surface area contributed by atoms with Gasteiger partial charge in [-0.1, -0.05) is 32.6 Å². The van der Waals surface area contributed by atoms with E-state index in [1.165, 1.54) is 0 Å². The van der Waals surface area contributed by atoms with Crippen LogP contribution in [0.15, 0.2) is 33.8 Å². The number of benzene rings is 1. The van der Waals surface area contributed by atoms with E-state index >= 15 is 0 Å². The highest BCUT2D eigenvalue weighted by Gasteiger charge is 2.11. The second-order valence-electron chi connectivity index (χ2n) is 3.44. The number of halogens is 1. The molecule has 2 rings (SSSR count). The Hall–Kier alpha value is -1.60. The molecule has 1 N–H and O–H groups in total. The molecule has 7 heteroatoms. The van der Waals surface area contributed by atoms with Crippen LogP contribution in [0, 0.1) is 6.92 Å². The molecule has 0 aliphatic rings. The number of carbonyl (C=O) groups is 1. The highest BCUT2D eigenvalue weighted by Crippen LogP contribution is 2.10. The van der Waals surface area contributed by atoms with E-state index in [2.05, 4.69) is 36.0 Å². The van der Waals surface area contributed by atoms with E-state index in [9.17, 15) is 4.79 Å². The third-order valence-electron chi connectivity index (χ3n) is 2.09. The maximum atomic E-state index is 11.7. The second kappa shape index (κ2) is 5.83. The Morgan fingerprint density at radius 2 is 2.39 bits per heavy atom. The highest BCUT2D eigenvalue weighted by molar-refractivity contribution is 9.10. The number of rotatable bonds is 3. The average Bonchev–Trinajstić information content (AvgIpc) is 2.75. The van der Waals surface area contributed by atoms with Crippen LogP contribution in [-0.4, -0.2) is 21.7 Å². The van der Waals surface area contributed by atoms with Gasteiger partial charge in [0.25, 0.3) is 5.91 Å². The minimum absolute atomic E-state index is 0.297. The molecule has 0 bridgehead atoms. The first kappa shape index (κ1) is 12.8. The fourth-order valence-corrected chi connectivity index (χ4v) is 2.21. The lowest BCUT2D eigenvalue weighted by atomic mass is 10.2. The maximum Gasteiger partial charge on any atom is 0.285 e. The standard InChI is InChI=1S/C11H9BrN4OS/c1-7-10(18-16-14-7)11(17)15-13-6-8-3-2-4-9(12)5-8/h2-6H,1H3,(H,15,17). The number of amides is 1. The predicted octanol–water partition coefficient (Wildman–Crippen LogP) is 2.37. The molecule has 0 aliphatic heterocycles. The summed E-state index contributed by atoms with van der Waals surface area (Å²) in [6, 6.07) is 7.60. The van der Waals surface area contributed by atoms with Crippen molar-refractivity contribution < 1.29 is 4.79 Å². The van der Waals surface area contributed by atoms with Crippen molar-refractivity contribution in [3.63, 3.8) is 0 Å². The number of hydrogen-bond acceptors (Lipinski definition) is 5. The number of nitrogens with zero attached hydrogens (tertiary/aromatic N) is 3. The first-order valence-corrected chi connectivity index (χ1v) is 6.61. The minimum Gasteiger partial charge on any atom is -0.266 e. The van der Waals surface area contributed by atoms with Gasteiger partial charge in [0.15, 0.2) is 0 Å². The van der Waals surface area contributed by atoms with Crippen LogP contribution in [0.5, 0.6) is 0 Å². The van der Waals surface area contributed by atoms with Crippen LogP contribution in [0.4, 0.5) is 0 Å². The Kier molecular flexibility index (Phi) is 4.16. The van der Waals surface area contributed by atoms with Gasteiger partial charge in [0.1, 0.15) is 4.88 Å². The Morgan fingerprint density at radius 1 is 1.56 bits per heavy atom. The Morgan fingerprint density at radius 3 is 3.06 bits per heavy atom. The molecule has 18 heavy (non-hydrogen) atoms. The molecule has 92 valence electrons. The van der Waals surface area contributed by atoms with Crippen LogP contribution in [-0.2, 0) is 0 Å². The summed E-state index contributed by atoms with van der Waals surface area (Å²) < 4.78 is 4.65. The third-order valence-corrected chi connectivity index (χ3v) is 3.41. The van der Waals surface area contributed by atoms with Crippen LogP contribution in [0.25, 0.3) is 0 Å². The van der Waals surface area contributed by atoms with Gasteiger partial charge in [0.2, 0.25) is 0 Å². The summed E-state index contributed by atoms with van der Waals surface area (Å²) in [4.78, 5) is 12.2. The summed E-state index contributed by atoms with van der Waals surface area (Å²) in [6.45, 7) is 1.73. The monoisotopic (exact) mass is 324 g/mol. The molecule has 5 nitrogen and oxygen atoms in total. The van der Waals surface area contributed by atoms with Crippen molar-refractivity contribution >= 4 is 39.6 Å². The first-order valence-electron chi connectivity index (χ1n) is 5.05. The van der Waals surface area contributed by atoms with Crippen molar-refractivity contribution in [1.82, 2.24) is 15.0 Å². The molecule has 2 aromatic rings. The zero-order valence-corrected chi connectivity index (χ0v) is 11.8. The molecule has 1 aromatic carbocycles. The van der Waals surface area contributed by atoms with E-state index < -0.39 is 0 Å². The van der Waals surface area contributed by atoms with Crippen molar-refractivity contribution in [1.29, 1.82) is 0 Å². The zero-order chi connectivity index (χ0) is 13.0. The van der Waals surface area contributed by atoms with Crippen LogP contribution < -0.4 is 5.43 Å². The third kappa shape index (κ3) is 3.21. The van der Waals surface area contributed by atoms with Crippen molar-refractivity contribution in [2.45, 2.75) is 6.92 Å². The highest BCUT2D eigenvalue weighted by atomic mass is 79.9. The smallest absolute Gasteiger partial charge is 0.266 e. The summed E-state index contributed by atoms with van der Waals surface area (Å²) in [5.74, 6) is -0.297. The van der Waals surface area contributed by atoms with E-state index in [0.717, 1.165) is 21.6 Å². The topological polar surface area (TPSA) is 67.2 Å². The zero-order valence-electron chi connectivity index (χ0n) is 9.42. The van der Waals surface area contributed by atoms with Gasteiger partial charge < -0.3 is 0 Å². The molecule has 0 unspecified atom stereocenters. The number of hydrazone groups is 1. The first-order chi connectivity index (χ1) is 8.66. The van der Waals surface area contributed by atoms with Gasteiger partial charge >= 0.3 is 0 Å². The normalized spacial score (nSPS) is 10.8. The molecular weight excluding hydrogens is 316 g/mol. The van der Waals surface area contributed by atoms with Gasteiger partial charge in [-0.25, -0.2) is 5.43 Å². The van der Waals surface area contributed by atoms with Crippen molar-refractivity contribution in [3.8, 4) is 0 Å². The number of hydrogen-bond donors (Lipinski definition) is 1. The summed E-state index contributed by atoms with van der Waals surface area (Å²) >= 11 is 4.41. The largest absolute Gasteiger partial charge is 0.285 e. The van der Waals surface area contributed by atoms with E-state index in [1.54, 1.807) is 13.1 Å². The van der Waals surface area contributed by atoms with Gasteiger partial charge in [-0.3, -0.25) is 4.79 Å². The van der Waals surface area contributed by atoms with E-state index in [4.69, 9.17) is 0 Å². The van der Waals surface area contributed by atoms with Crippen LogP contribution in [0.2, 0.25) is 0 Å². The molecule has 0 atom stereocenters. The Bertz CT molecular complexity index is 596. The summed E-state index contributed by atoms with van der Waals surface area (Å²) in [5.41, 5.74) is 3.94. The molecule has 0 radical (unpaired) electrons. The second-order valence-corrected chi connectivity index (χ2v) is 5.11. The molecule has 0 spiro atoms. The van der Waals surface area contributed by atoms with Gasteiger partial charge in [-0.05, 0) is 36.2 Å². The molecule has 1 amide bonds. The maximum absolute atomic E-state index is 11.7. The fourth-order valence-electron chi connectivity index (χ4n) is 1.24. The van der Waals surface area contributed by atoms with Crippen LogP contribution in [0.3, 0.4) is 0 Å². The molecule has 1 heterocycles. The van der Waals surface area contributed by atoms with Crippen molar-refractivity contribution in [2.75, 3.05) is 0 Å². The Labute approximate surface area is 116 Å². The number of carbonyl (C=O) groups excluding carboxylic acids is 1. The molecule has 0 aliphatic carbocycles. The lowest BCUT2D eigenvalue weighted by Crippen LogP contribution is -2.17. The van der Waals surface area contributed by atoms with Crippen molar-refractivity contribution in [3.05, 3.63) is 44.9 Å². The molecule has 1 aromatic heterocycles. The number of nitrogens with one attached hydrogen (secondary N) is 1. The average molecular weight is 325 g/mol. The van der Waals surface area contributed by atoms with Crippen LogP contribution >= 0.6 is 27.5 Å². The van der Waals surface area contributed by atoms with E-state index in [-0.39, 0.29) is 5.91 Å². The Balaban J connectivity index is 2.00. The van der Waals surface area contributed by atoms with Gasteiger partial charge in [-0.15, -0.1) is 5.10 Å². The minimum atomic E-state index is -0.297. The van der Waals surface area contributed by atoms with E-state index in [1.807, 2.05) is 24.3 Å². The van der Waals surface area contributed by atoms with Crippen LogP contribution in [0.1, 0.15) is 20.9 Å². The lowest BCUT2D eigenvalue weighted by Gasteiger charge is -1.96. The van der Waals surface area contributed by atoms with Gasteiger partial charge in [0, 0.05) is 4.47 Å². The summed E-state index contributed by atoms with van der Waals surface area (Å²) in [5, 5.41) is 7.65. The summed E-state index contributed by atoms with van der Waals surface area (Å²) in [6.07, 6.45) is 1.58. The SMILES string of the molecule is Cc1nnsc1C(=O)NN=Cc1cccc(Br)c1. The quantitative estimate of drug-likeness (QED) is 0.696. The lowest BCUT2D eigenvalue weighted by molar-refractivity contribution is 0.0958. The molecule has 0 saturated heterocycles. The number of aromatic nitrogens is 2. The molecule has 0 saturated carbocycles. The van der Waals surface area contributed by atoms with Gasteiger partial charge in [-0.2, -0.15) is 5.10 Å². The van der Waals surface area contributed by atoms with E-state index in [0.29, 0.717) is 10.6 Å². The fraction of sp³-hybridized carbons (Fsp3) is 0.0909. The van der Waals surface area contributed by atoms with Crippen molar-refractivity contribution in [2.24, 2.45) is 5.10 Å². The molecule has 0 fully saturated rings. The van der Waals surface area contributed by atoms with Gasteiger partial charge in [0.05, 0.1) is 11.9 Å². The summed E-state index contributed by atoms with van der Waals surface area (Å²) in [7, 11) is 0. The number of aryl methyl sites for hydroxylation is 1.